The summed E-state index contributed by atoms with van der Waals surface area (Å²) in [6.07, 6.45) is 10.5. The molecule has 0 bridgehead atoms. The lowest BCUT2D eigenvalue weighted by Crippen LogP contribution is -2.35. The molecule has 114 valence electrons. The summed E-state index contributed by atoms with van der Waals surface area (Å²) >= 11 is 1.63. The number of aromatic nitrogens is 2. The highest BCUT2D eigenvalue weighted by molar-refractivity contribution is 7.99. The van der Waals surface area contributed by atoms with E-state index in [1.165, 1.54) is 49.1 Å². The Hall–Kier alpha value is -1.39. The monoisotopic (exact) mass is 311 g/mol. The van der Waals surface area contributed by atoms with Crippen molar-refractivity contribution in [2.75, 3.05) is 6.54 Å². The summed E-state index contributed by atoms with van der Waals surface area (Å²) in [5.74, 6) is 0. The average Bonchev–Trinajstić information content (AvgIpc) is 3.01. The molecule has 0 radical (unpaired) electrons. The Bertz CT molecular complexity index is 614. The van der Waals surface area contributed by atoms with Gasteiger partial charge >= 0.3 is 0 Å². The molecule has 0 amide bonds. The highest BCUT2D eigenvalue weighted by atomic mass is 32.2. The van der Waals surface area contributed by atoms with Crippen molar-refractivity contribution >= 4 is 11.8 Å². The summed E-state index contributed by atoms with van der Waals surface area (Å²) in [4.78, 5) is 12.5. The highest BCUT2D eigenvalue weighted by Crippen LogP contribution is 2.40. The Balaban J connectivity index is 1.48. The van der Waals surface area contributed by atoms with E-state index in [9.17, 15) is 0 Å². The van der Waals surface area contributed by atoms with Crippen LogP contribution in [0.25, 0.3) is 0 Å². The van der Waals surface area contributed by atoms with E-state index < -0.39 is 0 Å². The minimum absolute atomic E-state index is 0.636. The lowest BCUT2D eigenvalue weighted by molar-refractivity contribution is 0.150. The van der Waals surface area contributed by atoms with Crippen LogP contribution < -0.4 is 0 Å². The van der Waals surface area contributed by atoms with E-state index >= 15 is 0 Å². The molecular formula is C18H21N3S. The van der Waals surface area contributed by atoms with Crippen LogP contribution in [-0.4, -0.2) is 27.5 Å². The second-order valence-corrected chi connectivity index (χ2v) is 7.22. The molecule has 1 aromatic heterocycles. The zero-order chi connectivity index (χ0) is 14.8. The van der Waals surface area contributed by atoms with Crippen LogP contribution in [-0.2, 0) is 0 Å². The zero-order valence-electron chi connectivity index (χ0n) is 12.7. The van der Waals surface area contributed by atoms with E-state index in [1.54, 1.807) is 24.2 Å². The number of rotatable bonds is 3. The third-order valence-electron chi connectivity index (χ3n) is 4.86. The number of fused-ring (bicyclic) bond motifs is 1. The molecule has 2 saturated heterocycles. The van der Waals surface area contributed by atoms with Gasteiger partial charge in [0.25, 0.3) is 0 Å². The van der Waals surface area contributed by atoms with Gasteiger partial charge in [0.05, 0.1) is 0 Å². The van der Waals surface area contributed by atoms with Crippen LogP contribution in [0.15, 0.2) is 52.8 Å². The number of hydrogen-bond donors (Lipinski definition) is 0. The summed E-state index contributed by atoms with van der Waals surface area (Å²) in [5, 5.41) is 0.812. The van der Waals surface area contributed by atoms with Crippen molar-refractivity contribution < 1.29 is 0 Å². The minimum Gasteiger partial charge on any atom is -0.293 e. The molecule has 2 fully saturated rings. The molecule has 3 heterocycles. The van der Waals surface area contributed by atoms with Gasteiger partial charge in [-0.15, -0.1) is 0 Å². The first kappa shape index (κ1) is 14.2. The van der Waals surface area contributed by atoms with Crippen LogP contribution in [0.2, 0.25) is 0 Å². The third kappa shape index (κ3) is 2.90. The van der Waals surface area contributed by atoms with Crippen LogP contribution in [0, 0.1) is 0 Å². The summed E-state index contributed by atoms with van der Waals surface area (Å²) in [6.45, 7) is 1.28. The van der Waals surface area contributed by atoms with Gasteiger partial charge in [-0.1, -0.05) is 18.6 Å². The van der Waals surface area contributed by atoms with Gasteiger partial charge < -0.3 is 0 Å². The van der Waals surface area contributed by atoms with Crippen molar-refractivity contribution in [2.24, 2.45) is 0 Å². The van der Waals surface area contributed by atoms with Crippen molar-refractivity contribution in [3.63, 3.8) is 0 Å². The second kappa shape index (κ2) is 6.39. The predicted molar refractivity (Wildman–Crippen MR) is 88.9 cm³/mol. The molecule has 0 spiro atoms. The Morgan fingerprint density at radius 1 is 0.955 bits per heavy atom. The number of piperidine rings is 1. The minimum atomic E-state index is 0.636. The molecule has 1 aromatic carbocycles. The Morgan fingerprint density at radius 2 is 1.77 bits per heavy atom. The Morgan fingerprint density at radius 3 is 2.59 bits per heavy atom. The first-order valence-corrected chi connectivity index (χ1v) is 9.02. The normalized spacial score (nSPS) is 25.1. The zero-order valence-corrected chi connectivity index (χ0v) is 13.5. The maximum absolute atomic E-state index is 4.27. The summed E-state index contributed by atoms with van der Waals surface area (Å²) < 4.78 is 0. The molecule has 0 aliphatic carbocycles. The molecule has 2 aliphatic heterocycles. The Labute approximate surface area is 136 Å². The molecule has 3 nitrogen and oxygen atoms in total. The van der Waals surface area contributed by atoms with E-state index in [4.69, 9.17) is 0 Å². The van der Waals surface area contributed by atoms with E-state index in [2.05, 4.69) is 39.1 Å². The molecule has 2 unspecified atom stereocenters. The van der Waals surface area contributed by atoms with Gasteiger partial charge in [0.1, 0.15) is 0 Å². The average molecular weight is 311 g/mol. The number of hydrogen-bond acceptors (Lipinski definition) is 4. The van der Waals surface area contributed by atoms with E-state index in [1.807, 2.05) is 6.07 Å². The molecule has 2 aliphatic rings. The molecular weight excluding hydrogens is 290 g/mol. The van der Waals surface area contributed by atoms with E-state index in [0.717, 1.165) is 11.2 Å². The maximum Gasteiger partial charge on any atom is 0.192 e. The summed E-state index contributed by atoms with van der Waals surface area (Å²) in [6, 6.07) is 12.4. The largest absolute Gasteiger partial charge is 0.293 e. The topological polar surface area (TPSA) is 29.0 Å². The second-order valence-electron chi connectivity index (χ2n) is 6.18. The van der Waals surface area contributed by atoms with Crippen molar-refractivity contribution in [1.29, 1.82) is 0 Å². The third-order valence-corrected chi connectivity index (χ3v) is 5.76. The quantitative estimate of drug-likeness (QED) is 0.790. The standard InChI is InChI=1S/C18H21N3S/c1-2-13-21-15(4-1)7-10-17(21)14-5-8-16(9-6-14)22-18-19-11-3-12-20-18/h3,5-6,8-9,11-12,15,17H,1-2,4,7,10,13H2. The van der Waals surface area contributed by atoms with Crippen molar-refractivity contribution in [3.05, 3.63) is 48.3 Å². The fraction of sp³-hybridized carbons (Fsp3) is 0.444. The lowest BCUT2D eigenvalue weighted by Gasteiger charge is -2.34. The van der Waals surface area contributed by atoms with Crippen molar-refractivity contribution in [2.45, 2.75) is 54.2 Å². The maximum atomic E-state index is 4.27. The fourth-order valence-corrected chi connectivity index (χ4v) is 4.53. The lowest BCUT2D eigenvalue weighted by atomic mass is 10.0. The van der Waals surface area contributed by atoms with Gasteiger partial charge in [-0.25, -0.2) is 9.97 Å². The molecule has 22 heavy (non-hydrogen) atoms. The molecule has 0 N–H and O–H groups in total. The summed E-state index contributed by atoms with van der Waals surface area (Å²) in [7, 11) is 0. The Kier molecular flexibility index (Phi) is 4.13. The fourth-order valence-electron chi connectivity index (χ4n) is 3.82. The first-order chi connectivity index (χ1) is 10.9. The molecule has 4 rings (SSSR count). The SMILES string of the molecule is c1cnc(Sc2ccc(C3CCC4CCCCN43)cc2)nc1. The van der Waals surface area contributed by atoms with Gasteiger partial charge in [-0.3, -0.25) is 4.90 Å². The van der Waals surface area contributed by atoms with Crippen molar-refractivity contribution in [1.82, 2.24) is 14.9 Å². The summed E-state index contributed by atoms with van der Waals surface area (Å²) in [5.41, 5.74) is 1.47. The molecule has 0 saturated carbocycles. The highest BCUT2D eigenvalue weighted by Gasteiger charge is 2.35. The van der Waals surface area contributed by atoms with Crippen LogP contribution >= 0.6 is 11.8 Å². The number of nitrogens with zero attached hydrogens (tertiary/aromatic N) is 3. The van der Waals surface area contributed by atoms with Gasteiger partial charge in [-0.05, 0) is 67.8 Å². The van der Waals surface area contributed by atoms with Crippen LogP contribution in [0.1, 0.15) is 43.7 Å². The van der Waals surface area contributed by atoms with Crippen LogP contribution in [0.3, 0.4) is 0 Å². The van der Waals surface area contributed by atoms with Crippen molar-refractivity contribution in [3.8, 4) is 0 Å². The molecule has 4 heteroatoms. The van der Waals surface area contributed by atoms with Crippen LogP contribution in [0.4, 0.5) is 0 Å². The smallest absolute Gasteiger partial charge is 0.192 e. The van der Waals surface area contributed by atoms with Gasteiger partial charge in [0.2, 0.25) is 0 Å². The molecule has 2 atom stereocenters. The van der Waals surface area contributed by atoms with Crippen LogP contribution in [0.5, 0.6) is 0 Å². The number of benzene rings is 1. The van der Waals surface area contributed by atoms with E-state index in [-0.39, 0.29) is 0 Å². The predicted octanol–water partition coefficient (Wildman–Crippen LogP) is 4.32. The molecule has 2 aromatic rings. The van der Waals surface area contributed by atoms with Gasteiger partial charge in [0.15, 0.2) is 5.16 Å². The van der Waals surface area contributed by atoms with Gasteiger partial charge in [-0.2, -0.15) is 0 Å². The van der Waals surface area contributed by atoms with Gasteiger partial charge in [0, 0.05) is 29.4 Å². The van der Waals surface area contributed by atoms with E-state index in [0.29, 0.717) is 6.04 Å². The first-order valence-electron chi connectivity index (χ1n) is 8.21.